The molecule has 2 N–H and O–H groups in total. The van der Waals surface area contributed by atoms with Gasteiger partial charge in [-0.3, -0.25) is 5.32 Å². The van der Waals surface area contributed by atoms with E-state index in [-0.39, 0.29) is 29.8 Å². The Labute approximate surface area is 175 Å². The van der Waals surface area contributed by atoms with Crippen LogP contribution in [-0.4, -0.2) is 41.4 Å². The molecule has 0 aliphatic carbocycles. The first-order valence-corrected chi connectivity index (χ1v) is 9.22. The fraction of sp³-hybridized carbons (Fsp3) is 0.235. The van der Waals surface area contributed by atoms with Crippen LogP contribution in [0.1, 0.15) is 5.56 Å². The van der Waals surface area contributed by atoms with Crippen molar-refractivity contribution in [2.75, 3.05) is 25.6 Å². The van der Waals surface area contributed by atoms with Gasteiger partial charge in [0.25, 0.3) is 0 Å². The third-order valence-electron chi connectivity index (χ3n) is 3.87. The summed E-state index contributed by atoms with van der Waals surface area (Å²) in [7, 11) is 1.48. The highest BCUT2D eigenvalue weighted by atomic mass is 79.9. The van der Waals surface area contributed by atoms with Gasteiger partial charge in [0, 0.05) is 30.5 Å². The number of hydrogen-bond donors (Lipinski definition) is 2. The molecule has 0 bridgehead atoms. The van der Waals surface area contributed by atoms with E-state index in [0.29, 0.717) is 27.3 Å². The summed E-state index contributed by atoms with van der Waals surface area (Å²) in [5, 5.41) is 2.68. The van der Waals surface area contributed by atoms with E-state index >= 15 is 0 Å². The largest absolute Gasteiger partial charge is 0.447 e. The van der Waals surface area contributed by atoms with Crippen LogP contribution in [-0.2, 0) is 15.7 Å². The number of anilines is 1. The first kappa shape index (κ1) is 21.3. The molecule has 0 aliphatic heterocycles. The third kappa shape index (κ3) is 4.62. The standard InChI is InChI=1S/C17H13BrClF3N4O3/c1-28-4-5-29-16(27)25-11-3-2-8-9(6-23-14(8)12(11)18)13-10(17(20,21)22)7-24-15(19)26-13/h2-3,6-7,23H,4-5H2,1H3,(H,25,27). The summed E-state index contributed by atoms with van der Waals surface area (Å²) in [5.41, 5.74) is -0.354. The molecule has 3 aromatic rings. The number of nitrogens with zero attached hydrogens (tertiary/aromatic N) is 2. The van der Waals surface area contributed by atoms with Gasteiger partial charge in [0.15, 0.2) is 0 Å². The Balaban J connectivity index is 1.99. The summed E-state index contributed by atoms with van der Waals surface area (Å²) in [6, 6.07) is 3.07. The highest BCUT2D eigenvalue weighted by Gasteiger charge is 2.36. The number of methoxy groups -OCH3 is 1. The summed E-state index contributed by atoms with van der Waals surface area (Å²) >= 11 is 9.06. The van der Waals surface area contributed by atoms with Gasteiger partial charge in [0.1, 0.15) is 12.2 Å². The highest BCUT2D eigenvalue weighted by Crippen LogP contribution is 2.41. The molecule has 1 aromatic carbocycles. The Bertz CT molecular complexity index is 1060. The van der Waals surface area contributed by atoms with E-state index < -0.39 is 17.8 Å². The van der Waals surface area contributed by atoms with E-state index in [0.717, 1.165) is 0 Å². The number of benzene rings is 1. The fourth-order valence-electron chi connectivity index (χ4n) is 2.59. The smallest absolute Gasteiger partial charge is 0.419 e. The monoisotopic (exact) mass is 492 g/mol. The summed E-state index contributed by atoms with van der Waals surface area (Å²) in [6.07, 6.45) is -3.33. The highest BCUT2D eigenvalue weighted by molar-refractivity contribution is 9.10. The Hall–Kier alpha value is -2.37. The lowest BCUT2D eigenvalue weighted by atomic mass is 10.1. The molecule has 0 saturated heterocycles. The summed E-state index contributed by atoms with van der Waals surface area (Å²) in [4.78, 5) is 21.9. The average Bonchev–Trinajstić information content (AvgIpc) is 3.08. The van der Waals surface area contributed by atoms with Gasteiger partial charge >= 0.3 is 12.3 Å². The Morgan fingerprint density at radius 1 is 1.34 bits per heavy atom. The minimum atomic E-state index is -4.66. The van der Waals surface area contributed by atoms with E-state index in [4.69, 9.17) is 21.1 Å². The van der Waals surface area contributed by atoms with Crippen LogP contribution in [0.5, 0.6) is 0 Å². The van der Waals surface area contributed by atoms with E-state index in [1.54, 1.807) is 6.07 Å². The van der Waals surface area contributed by atoms with Crippen LogP contribution in [0, 0.1) is 0 Å². The molecule has 0 spiro atoms. The van der Waals surface area contributed by atoms with Crippen LogP contribution >= 0.6 is 27.5 Å². The second-order valence-corrected chi connectivity index (χ2v) is 6.84. The normalized spacial score (nSPS) is 11.7. The number of ether oxygens (including phenoxy) is 2. The Morgan fingerprint density at radius 3 is 2.79 bits per heavy atom. The quantitative estimate of drug-likeness (QED) is 0.374. The van der Waals surface area contributed by atoms with Crippen molar-refractivity contribution in [3.8, 4) is 11.3 Å². The molecule has 2 aromatic heterocycles. The van der Waals surface area contributed by atoms with Crippen LogP contribution in [0.2, 0.25) is 5.28 Å². The molecule has 1 amide bonds. The third-order valence-corrected chi connectivity index (χ3v) is 4.88. The minimum Gasteiger partial charge on any atom is -0.447 e. The molecule has 154 valence electrons. The number of carbonyl (C=O) groups excluding carboxylic acids is 1. The number of hydrogen-bond acceptors (Lipinski definition) is 5. The first-order chi connectivity index (χ1) is 13.7. The zero-order valence-electron chi connectivity index (χ0n) is 14.7. The summed E-state index contributed by atoms with van der Waals surface area (Å²) in [6.45, 7) is 0.320. The number of H-pyrrole nitrogens is 1. The Kier molecular flexibility index (Phi) is 6.30. The van der Waals surface area contributed by atoms with Crippen molar-refractivity contribution in [2.24, 2.45) is 0 Å². The van der Waals surface area contributed by atoms with Gasteiger partial charge in [-0.1, -0.05) is 6.07 Å². The number of alkyl halides is 3. The molecular formula is C17H13BrClF3N4O3. The predicted molar refractivity (Wildman–Crippen MR) is 104 cm³/mol. The van der Waals surface area contributed by atoms with Gasteiger partial charge < -0.3 is 14.5 Å². The van der Waals surface area contributed by atoms with Gasteiger partial charge in [-0.05, 0) is 33.6 Å². The summed E-state index contributed by atoms with van der Waals surface area (Å²) < 4.78 is 50.3. The van der Waals surface area contributed by atoms with Crippen molar-refractivity contribution in [1.29, 1.82) is 0 Å². The minimum absolute atomic E-state index is 0.0730. The molecule has 12 heteroatoms. The maximum atomic E-state index is 13.4. The lowest BCUT2D eigenvalue weighted by Gasteiger charge is -2.12. The number of halogens is 5. The summed E-state index contributed by atoms with van der Waals surface area (Å²) in [5.74, 6) is 0. The van der Waals surface area contributed by atoms with Crippen molar-refractivity contribution < 1.29 is 27.4 Å². The number of rotatable bonds is 5. The molecule has 3 rings (SSSR count). The van der Waals surface area contributed by atoms with Crippen LogP contribution in [0.4, 0.5) is 23.7 Å². The van der Waals surface area contributed by atoms with E-state index in [1.165, 1.54) is 19.4 Å². The molecule has 7 nitrogen and oxygen atoms in total. The average molecular weight is 494 g/mol. The molecule has 2 heterocycles. The number of aromatic nitrogens is 3. The molecule has 0 unspecified atom stereocenters. The van der Waals surface area contributed by atoms with Gasteiger partial charge in [0.2, 0.25) is 5.28 Å². The number of fused-ring (bicyclic) bond motifs is 1. The SMILES string of the molecule is COCCOC(=O)Nc1ccc2c(-c3nc(Cl)ncc3C(F)(F)F)c[nH]c2c1Br. The van der Waals surface area contributed by atoms with Crippen molar-refractivity contribution >= 4 is 50.2 Å². The molecule has 29 heavy (non-hydrogen) atoms. The maximum Gasteiger partial charge on any atom is 0.419 e. The van der Waals surface area contributed by atoms with Crippen LogP contribution in [0.25, 0.3) is 22.2 Å². The lowest BCUT2D eigenvalue weighted by molar-refractivity contribution is -0.137. The molecule has 0 aliphatic rings. The van der Waals surface area contributed by atoms with E-state index in [2.05, 4.69) is 36.2 Å². The van der Waals surface area contributed by atoms with Gasteiger partial charge in [-0.25, -0.2) is 14.8 Å². The first-order valence-electron chi connectivity index (χ1n) is 8.04. The van der Waals surface area contributed by atoms with Crippen LogP contribution in [0.3, 0.4) is 0 Å². The van der Waals surface area contributed by atoms with Gasteiger partial charge in [-0.15, -0.1) is 0 Å². The van der Waals surface area contributed by atoms with E-state index in [9.17, 15) is 18.0 Å². The molecule has 0 saturated carbocycles. The van der Waals surface area contributed by atoms with Crippen molar-refractivity contribution in [3.05, 3.63) is 39.8 Å². The second kappa shape index (κ2) is 8.56. The molecular weight excluding hydrogens is 481 g/mol. The zero-order chi connectivity index (χ0) is 21.2. The maximum absolute atomic E-state index is 13.4. The van der Waals surface area contributed by atoms with Gasteiger partial charge in [-0.2, -0.15) is 13.2 Å². The number of carbonyl (C=O) groups is 1. The van der Waals surface area contributed by atoms with Crippen molar-refractivity contribution in [3.63, 3.8) is 0 Å². The molecule has 0 fully saturated rings. The molecule has 0 atom stereocenters. The molecule has 0 radical (unpaired) electrons. The van der Waals surface area contributed by atoms with Crippen molar-refractivity contribution in [1.82, 2.24) is 15.0 Å². The van der Waals surface area contributed by atoms with Crippen molar-refractivity contribution in [2.45, 2.75) is 6.18 Å². The number of amides is 1. The van der Waals surface area contributed by atoms with Crippen LogP contribution < -0.4 is 5.32 Å². The van der Waals surface area contributed by atoms with Gasteiger partial charge in [0.05, 0.1) is 28.0 Å². The Morgan fingerprint density at radius 2 is 2.10 bits per heavy atom. The van der Waals surface area contributed by atoms with E-state index in [1.807, 2.05) is 0 Å². The zero-order valence-corrected chi connectivity index (χ0v) is 17.1. The van der Waals surface area contributed by atoms with Crippen LogP contribution in [0.15, 0.2) is 29.0 Å². The number of nitrogens with one attached hydrogen (secondary N) is 2. The topological polar surface area (TPSA) is 89.1 Å². The lowest BCUT2D eigenvalue weighted by Crippen LogP contribution is -2.16. The second-order valence-electron chi connectivity index (χ2n) is 5.70. The predicted octanol–water partition coefficient (Wildman–Crippen LogP) is 5.25. The fourth-order valence-corrected chi connectivity index (χ4v) is 3.29. The number of aromatic amines is 1.